The van der Waals surface area contributed by atoms with Gasteiger partial charge in [0.2, 0.25) is 0 Å². The molecule has 1 saturated heterocycles. The molecule has 9 heavy (non-hydrogen) atoms. The first-order valence-corrected chi connectivity index (χ1v) is 3.05. The summed E-state index contributed by atoms with van der Waals surface area (Å²) in [6, 6.07) is 0. The molecule has 1 aliphatic rings. The van der Waals surface area contributed by atoms with Crippen LogP contribution in [0.1, 0.15) is 13.3 Å². The summed E-state index contributed by atoms with van der Waals surface area (Å²) in [5, 5.41) is 9.18. The number of ether oxygens (including phenoxy) is 1. The fourth-order valence-electron chi connectivity index (χ4n) is 0.779. The van der Waals surface area contributed by atoms with Gasteiger partial charge in [-0.2, -0.15) is 0 Å². The monoisotopic (exact) mass is 126 g/mol. The topological polar surface area (TPSA) is 32.8 Å². The average molecular weight is 126 g/mol. The van der Waals surface area contributed by atoms with Gasteiger partial charge >= 0.3 is 0 Å². The van der Waals surface area contributed by atoms with Gasteiger partial charge in [0, 0.05) is 0 Å². The average Bonchev–Trinajstić information content (AvgIpc) is 2.66. The maximum absolute atomic E-state index is 9.18. The molecule has 0 unspecified atom stereocenters. The third-order valence-electron chi connectivity index (χ3n) is 1.62. The van der Waals surface area contributed by atoms with Gasteiger partial charge in [0.1, 0.15) is 0 Å². The van der Waals surface area contributed by atoms with Crippen LogP contribution in [0.15, 0.2) is 0 Å². The Morgan fingerprint density at radius 2 is 2.56 bits per heavy atom. The van der Waals surface area contributed by atoms with Crippen LogP contribution in [0, 0.1) is 12.3 Å². The Kier molecular flexibility index (Phi) is 1.48. The molecule has 1 N–H and O–H groups in total. The van der Waals surface area contributed by atoms with E-state index in [9.17, 15) is 5.11 Å². The molecule has 0 aliphatic carbocycles. The lowest BCUT2D eigenvalue weighted by atomic mass is 10.0. The van der Waals surface area contributed by atoms with Crippen molar-refractivity contribution in [2.75, 3.05) is 6.61 Å². The molecule has 2 atom stereocenters. The third-order valence-corrected chi connectivity index (χ3v) is 1.62. The second-order valence-corrected chi connectivity index (χ2v) is 2.25. The highest BCUT2D eigenvalue weighted by Gasteiger charge is 2.48. The first-order chi connectivity index (χ1) is 4.25. The second-order valence-electron chi connectivity index (χ2n) is 2.25. The Hall–Kier alpha value is -0.520. The van der Waals surface area contributed by atoms with Gasteiger partial charge in [-0.25, -0.2) is 0 Å². The molecule has 0 bridgehead atoms. The third kappa shape index (κ3) is 0.937. The van der Waals surface area contributed by atoms with Gasteiger partial charge in [-0.1, -0.05) is 12.8 Å². The second kappa shape index (κ2) is 2.02. The van der Waals surface area contributed by atoms with E-state index in [1.54, 1.807) is 0 Å². The quantitative estimate of drug-likeness (QED) is 0.422. The number of terminal acetylenes is 1. The molecule has 1 aliphatic heterocycles. The Bertz CT molecular complexity index is 141. The molecule has 1 fully saturated rings. The first-order valence-electron chi connectivity index (χ1n) is 3.05. The highest BCUT2D eigenvalue weighted by atomic mass is 16.6. The fourth-order valence-corrected chi connectivity index (χ4v) is 0.779. The maximum Gasteiger partial charge on any atom is 0.177 e. The minimum absolute atomic E-state index is 0.484. The molecule has 0 aromatic heterocycles. The Morgan fingerprint density at radius 1 is 2.00 bits per heavy atom. The zero-order chi connectivity index (χ0) is 6.91. The summed E-state index contributed by atoms with van der Waals surface area (Å²) in [6.45, 7) is 2.39. The molecule has 50 valence electrons. The van der Waals surface area contributed by atoms with E-state index in [2.05, 4.69) is 5.92 Å². The van der Waals surface area contributed by atoms with Gasteiger partial charge in [0.25, 0.3) is 0 Å². The fraction of sp³-hybridized carbons (Fsp3) is 0.714. The van der Waals surface area contributed by atoms with Crippen molar-refractivity contribution in [3.63, 3.8) is 0 Å². The first kappa shape index (κ1) is 6.60. The summed E-state index contributed by atoms with van der Waals surface area (Å²) < 4.78 is 4.91. The highest BCUT2D eigenvalue weighted by molar-refractivity contribution is 5.19. The summed E-state index contributed by atoms with van der Waals surface area (Å²) >= 11 is 0. The zero-order valence-corrected chi connectivity index (χ0v) is 5.42. The predicted molar refractivity (Wildman–Crippen MR) is 33.8 cm³/mol. The standard InChI is InChI=1S/C7H10O2/c1-3-6(8)7(4-2)5-9-7/h2,6,8H,3,5H2,1H3/t6-,7-/m1/s1. The van der Waals surface area contributed by atoms with Crippen molar-refractivity contribution in [3.8, 4) is 12.3 Å². The lowest BCUT2D eigenvalue weighted by Crippen LogP contribution is -2.26. The van der Waals surface area contributed by atoms with Crippen LogP contribution in [-0.4, -0.2) is 23.4 Å². The van der Waals surface area contributed by atoms with Gasteiger partial charge in [0.05, 0.1) is 12.7 Å². The van der Waals surface area contributed by atoms with Crippen molar-refractivity contribution in [1.29, 1.82) is 0 Å². The number of rotatable bonds is 2. The molecule has 0 radical (unpaired) electrons. The lowest BCUT2D eigenvalue weighted by molar-refractivity contribution is 0.101. The Morgan fingerprint density at radius 3 is 2.67 bits per heavy atom. The predicted octanol–water partition coefficient (Wildman–Crippen LogP) is 0.159. The number of hydrogen-bond donors (Lipinski definition) is 1. The zero-order valence-electron chi connectivity index (χ0n) is 5.42. The molecule has 1 heterocycles. The van der Waals surface area contributed by atoms with Crippen LogP contribution in [0.25, 0.3) is 0 Å². The molecule has 0 aromatic carbocycles. The van der Waals surface area contributed by atoms with Crippen LogP contribution in [0.5, 0.6) is 0 Å². The van der Waals surface area contributed by atoms with E-state index in [4.69, 9.17) is 11.2 Å². The number of aliphatic hydroxyl groups excluding tert-OH is 1. The van der Waals surface area contributed by atoms with E-state index in [0.29, 0.717) is 13.0 Å². The normalized spacial score (nSPS) is 35.2. The van der Waals surface area contributed by atoms with Crippen LogP contribution < -0.4 is 0 Å². The van der Waals surface area contributed by atoms with Crippen molar-refractivity contribution in [2.45, 2.75) is 25.0 Å². The SMILES string of the molecule is C#C[C@]1([C@H](O)CC)CO1. The Labute approximate surface area is 54.8 Å². The van der Waals surface area contributed by atoms with Gasteiger partial charge in [-0.3, -0.25) is 0 Å². The van der Waals surface area contributed by atoms with Gasteiger partial charge < -0.3 is 9.84 Å². The summed E-state index contributed by atoms with van der Waals surface area (Å²) in [5.41, 5.74) is -0.616. The minimum Gasteiger partial charge on any atom is -0.389 e. The van der Waals surface area contributed by atoms with Crippen LogP contribution in [0.3, 0.4) is 0 Å². The van der Waals surface area contributed by atoms with E-state index < -0.39 is 11.7 Å². The largest absolute Gasteiger partial charge is 0.389 e. The molecule has 0 amide bonds. The number of aliphatic hydroxyl groups is 1. The van der Waals surface area contributed by atoms with Gasteiger partial charge in [0.15, 0.2) is 5.60 Å². The minimum atomic E-state index is -0.616. The summed E-state index contributed by atoms with van der Waals surface area (Å²) in [4.78, 5) is 0. The number of epoxide rings is 1. The summed E-state index contributed by atoms with van der Waals surface area (Å²) in [6.07, 6.45) is 5.28. The van der Waals surface area contributed by atoms with Crippen LogP contribution in [-0.2, 0) is 4.74 Å². The van der Waals surface area contributed by atoms with E-state index in [0.717, 1.165) is 0 Å². The van der Waals surface area contributed by atoms with E-state index >= 15 is 0 Å². The van der Waals surface area contributed by atoms with Crippen molar-refractivity contribution >= 4 is 0 Å². The van der Waals surface area contributed by atoms with Crippen LogP contribution in [0.4, 0.5) is 0 Å². The van der Waals surface area contributed by atoms with E-state index in [1.807, 2.05) is 6.92 Å². The summed E-state index contributed by atoms with van der Waals surface area (Å²) in [5.74, 6) is 2.43. The molecular formula is C7H10O2. The van der Waals surface area contributed by atoms with Crippen molar-refractivity contribution < 1.29 is 9.84 Å². The van der Waals surface area contributed by atoms with Gasteiger partial charge in [-0.05, 0) is 6.42 Å². The van der Waals surface area contributed by atoms with Crippen molar-refractivity contribution in [2.24, 2.45) is 0 Å². The lowest BCUT2D eigenvalue weighted by Gasteiger charge is -2.09. The Balaban J connectivity index is 2.52. The van der Waals surface area contributed by atoms with Crippen LogP contribution >= 0.6 is 0 Å². The maximum atomic E-state index is 9.18. The number of hydrogen-bond acceptors (Lipinski definition) is 2. The molecular weight excluding hydrogens is 116 g/mol. The molecule has 2 heteroatoms. The van der Waals surface area contributed by atoms with E-state index in [-0.39, 0.29) is 0 Å². The van der Waals surface area contributed by atoms with Crippen molar-refractivity contribution in [3.05, 3.63) is 0 Å². The van der Waals surface area contributed by atoms with E-state index in [1.165, 1.54) is 0 Å². The molecule has 0 aromatic rings. The van der Waals surface area contributed by atoms with Crippen LogP contribution in [0.2, 0.25) is 0 Å². The molecule has 0 spiro atoms. The molecule has 0 saturated carbocycles. The summed E-state index contributed by atoms with van der Waals surface area (Å²) in [7, 11) is 0. The van der Waals surface area contributed by atoms with Crippen molar-refractivity contribution in [1.82, 2.24) is 0 Å². The molecule has 2 nitrogen and oxygen atoms in total. The van der Waals surface area contributed by atoms with Gasteiger partial charge in [-0.15, -0.1) is 6.42 Å². The molecule has 1 rings (SSSR count). The highest BCUT2D eigenvalue weighted by Crippen LogP contribution is 2.31. The smallest absolute Gasteiger partial charge is 0.177 e.